The number of amides is 2. The normalized spacial score (nSPS) is 16.5. The molecule has 1 fully saturated rings. The van der Waals surface area contributed by atoms with Gasteiger partial charge in [0.15, 0.2) is 5.76 Å². The molecule has 1 aliphatic heterocycles. The number of nitrogens with zero attached hydrogens (tertiary/aromatic N) is 2. The second-order valence-electron chi connectivity index (χ2n) is 5.68. The van der Waals surface area contributed by atoms with E-state index in [-0.39, 0.29) is 18.4 Å². The van der Waals surface area contributed by atoms with Gasteiger partial charge in [-0.1, -0.05) is 11.6 Å². The number of benzene rings is 1. The van der Waals surface area contributed by atoms with E-state index in [0.29, 0.717) is 36.0 Å². The monoisotopic (exact) mass is 335 g/mol. The van der Waals surface area contributed by atoms with Crippen molar-refractivity contribution in [1.82, 2.24) is 9.80 Å². The van der Waals surface area contributed by atoms with E-state index in [1.54, 1.807) is 29.2 Å². The molecule has 7 heteroatoms. The van der Waals surface area contributed by atoms with Gasteiger partial charge in [0.1, 0.15) is 5.58 Å². The molecule has 23 heavy (non-hydrogen) atoms. The van der Waals surface area contributed by atoms with E-state index in [1.165, 1.54) is 0 Å². The van der Waals surface area contributed by atoms with Crippen LogP contribution >= 0.6 is 11.6 Å². The second-order valence-corrected chi connectivity index (χ2v) is 6.12. The fourth-order valence-electron chi connectivity index (χ4n) is 2.83. The molecule has 2 amide bonds. The number of rotatable bonds is 3. The van der Waals surface area contributed by atoms with Crippen LogP contribution in [0.25, 0.3) is 11.0 Å². The summed E-state index contributed by atoms with van der Waals surface area (Å²) in [5.74, 6) is -0.178. The Bertz CT molecular complexity index is 743. The highest BCUT2D eigenvalue weighted by Gasteiger charge is 2.23. The molecule has 0 saturated carbocycles. The van der Waals surface area contributed by atoms with Crippen molar-refractivity contribution in [2.24, 2.45) is 5.73 Å². The zero-order valence-electron chi connectivity index (χ0n) is 12.6. The molecule has 0 atom stereocenters. The Morgan fingerprint density at radius 2 is 2.00 bits per heavy atom. The third-order valence-corrected chi connectivity index (χ3v) is 4.18. The van der Waals surface area contributed by atoms with Crippen LogP contribution < -0.4 is 5.73 Å². The maximum atomic E-state index is 12.6. The smallest absolute Gasteiger partial charge is 0.289 e. The molecule has 1 aliphatic rings. The summed E-state index contributed by atoms with van der Waals surface area (Å²) >= 11 is 5.96. The number of furan rings is 1. The lowest BCUT2D eigenvalue weighted by molar-refractivity contribution is -0.119. The predicted molar refractivity (Wildman–Crippen MR) is 87.4 cm³/mol. The molecule has 0 bridgehead atoms. The van der Waals surface area contributed by atoms with Crippen LogP contribution in [0.3, 0.4) is 0 Å². The number of halogens is 1. The molecule has 0 aliphatic carbocycles. The van der Waals surface area contributed by atoms with Crippen LogP contribution in [-0.2, 0) is 4.79 Å². The van der Waals surface area contributed by atoms with Crippen LogP contribution in [0.4, 0.5) is 0 Å². The van der Waals surface area contributed by atoms with Gasteiger partial charge in [0.2, 0.25) is 5.91 Å². The molecule has 0 spiro atoms. The van der Waals surface area contributed by atoms with Gasteiger partial charge in [0.25, 0.3) is 5.91 Å². The molecule has 2 aromatic rings. The van der Waals surface area contributed by atoms with Gasteiger partial charge in [-0.05, 0) is 30.7 Å². The summed E-state index contributed by atoms with van der Waals surface area (Å²) < 4.78 is 5.63. The minimum absolute atomic E-state index is 0.141. The molecule has 0 radical (unpaired) electrons. The Hall–Kier alpha value is -2.05. The number of carbonyl (C=O) groups is 2. The van der Waals surface area contributed by atoms with Crippen LogP contribution in [0.15, 0.2) is 28.7 Å². The average molecular weight is 336 g/mol. The first-order valence-electron chi connectivity index (χ1n) is 7.52. The SMILES string of the molecule is NC(=O)CN1CCCN(C(=O)c2cc3cc(Cl)ccc3o2)CC1. The molecule has 122 valence electrons. The molecule has 1 saturated heterocycles. The van der Waals surface area contributed by atoms with Crippen molar-refractivity contribution >= 4 is 34.4 Å². The van der Waals surface area contributed by atoms with Crippen molar-refractivity contribution in [3.8, 4) is 0 Å². The van der Waals surface area contributed by atoms with E-state index in [9.17, 15) is 9.59 Å². The minimum atomic E-state index is -0.348. The lowest BCUT2D eigenvalue weighted by atomic mass is 10.2. The van der Waals surface area contributed by atoms with Gasteiger partial charge in [-0.25, -0.2) is 0 Å². The third-order valence-electron chi connectivity index (χ3n) is 3.94. The summed E-state index contributed by atoms with van der Waals surface area (Å²) in [4.78, 5) is 27.4. The van der Waals surface area contributed by atoms with Gasteiger partial charge >= 0.3 is 0 Å². The summed E-state index contributed by atoms with van der Waals surface area (Å²) in [6.07, 6.45) is 0.797. The number of primary amides is 1. The lowest BCUT2D eigenvalue weighted by Crippen LogP contribution is -2.38. The van der Waals surface area contributed by atoms with E-state index in [1.807, 2.05) is 4.90 Å². The fourth-order valence-corrected chi connectivity index (χ4v) is 3.01. The summed E-state index contributed by atoms with van der Waals surface area (Å²) in [6, 6.07) is 6.98. The molecule has 6 nitrogen and oxygen atoms in total. The van der Waals surface area contributed by atoms with Crippen LogP contribution in [0, 0.1) is 0 Å². The summed E-state index contributed by atoms with van der Waals surface area (Å²) in [6.45, 7) is 2.78. The van der Waals surface area contributed by atoms with Crippen molar-refractivity contribution in [3.63, 3.8) is 0 Å². The molecule has 0 unspecified atom stereocenters. The largest absolute Gasteiger partial charge is 0.451 e. The lowest BCUT2D eigenvalue weighted by Gasteiger charge is -2.20. The fraction of sp³-hybridized carbons (Fsp3) is 0.375. The Balaban J connectivity index is 1.72. The maximum Gasteiger partial charge on any atom is 0.289 e. The van der Waals surface area contributed by atoms with E-state index in [4.69, 9.17) is 21.8 Å². The quantitative estimate of drug-likeness (QED) is 0.926. The minimum Gasteiger partial charge on any atom is -0.451 e. The Morgan fingerprint density at radius 1 is 1.17 bits per heavy atom. The summed E-state index contributed by atoms with van der Waals surface area (Å²) in [5, 5.41) is 1.42. The molecule has 2 N–H and O–H groups in total. The molecule has 1 aromatic heterocycles. The van der Waals surface area contributed by atoms with Crippen molar-refractivity contribution in [3.05, 3.63) is 35.0 Å². The van der Waals surface area contributed by atoms with Crippen LogP contribution in [-0.4, -0.2) is 54.3 Å². The van der Waals surface area contributed by atoms with Crippen molar-refractivity contribution in [2.45, 2.75) is 6.42 Å². The number of nitrogens with two attached hydrogens (primary N) is 1. The van der Waals surface area contributed by atoms with E-state index in [2.05, 4.69) is 0 Å². The zero-order chi connectivity index (χ0) is 16.4. The average Bonchev–Trinajstić information content (AvgIpc) is 2.78. The van der Waals surface area contributed by atoms with Gasteiger partial charge in [-0.15, -0.1) is 0 Å². The second kappa shape index (κ2) is 6.60. The molecular weight excluding hydrogens is 318 g/mol. The predicted octanol–water partition coefficient (Wildman–Crippen LogP) is 1.72. The maximum absolute atomic E-state index is 12.6. The van der Waals surface area contributed by atoms with Gasteiger partial charge < -0.3 is 15.1 Å². The Labute approximate surface area is 138 Å². The zero-order valence-corrected chi connectivity index (χ0v) is 13.4. The number of carbonyl (C=O) groups excluding carboxylic acids is 2. The third kappa shape index (κ3) is 3.65. The van der Waals surface area contributed by atoms with Crippen molar-refractivity contribution in [1.29, 1.82) is 0 Å². The highest BCUT2D eigenvalue weighted by molar-refractivity contribution is 6.31. The van der Waals surface area contributed by atoms with Crippen molar-refractivity contribution in [2.75, 3.05) is 32.7 Å². The van der Waals surface area contributed by atoms with Gasteiger partial charge in [0.05, 0.1) is 6.54 Å². The van der Waals surface area contributed by atoms with Crippen molar-refractivity contribution < 1.29 is 14.0 Å². The van der Waals surface area contributed by atoms with Crippen LogP contribution in [0.1, 0.15) is 17.0 Å². The Kier molecular flexibility index (Phi) is 4.54. The Morgan fingerprint density at radius 3 is 2.78 bits per heavy atom. The molecule has 2 heterocycles. The number of hydrogen-bond donors (Lipinski definition) is 1. The molecule has 3 rings (SSSR count). The highest BCUT2D eigenvalue weighted by atomic mass is 35.5. The topological polar surface area (TPSA) is 79.8 Å². The first-order valence-corrected chi connectivity index (χ1v) is 7.90. The van der Waals surface area contributed by atoms with E-state index in [0.717, 1.165) is 18.4 Å². The molecular formula is C16H18ClN3O3. The van der Waals surface area contributed by atoms with Crippen LogP contribution in [0.2, 0.25) is 5.02 Å². The van der Waals surface area contributed by atoms with E-state index >= 15 is 0 Å². The van der Waals surface area contributed by atoms with Gasteiger partial charge in [0, 0.05) is 36.6 Å². The first kappa shape index (κ1) is 15.8. The highest BCUT2D eigenvalue weighted by Crippen LogP contribution is 2.24. The van der Waals surface area contributed by atoms with E-state index < -0.39 is 0 Å². The summed E-state index contributed by atoms with van der Waals surface area (Å²) in [7, 11) is 0. The summed E-state index contributed by atoms with van der Waals surface area (Å²) in [5.41, 5.74) is 5.87. The van der Waals surface area contributed by atoms with Gasteiger partial charge in [-0.3, -0.25) is 14.5 Å². The number of fused-ring (bicyclic) bond motifs is 1. The molecule has 1 aromatic carbocycles. The van der Waals surface area contributed by atoms with Gasteiger partial charge in [-0.2, -0.15) is 0 Å². The standard InChI is InChI=1S/C16H18ClN3O3/c17-12-2-3-13-11(8-12)9-14(23-13)16(22)20-5-1-4-19(6-7-20)10-15(18)21/h2-3,8-9H,1,4-7,10H2,(H2,18,21). The van der Waals surface area contributed by atoms with Crippen LogP contribution in [0.5, 0.6) is 0 Å². The number of hydrogen-bond acceptors (Lipinski definition) is 4. The first-order chi connectivity index (χ1) is 11.0.